The van der Waals surface area contributed by atoms with Crippen LogP contribution in [0.15, 0.2) is 24.3 Å². The highest BCUT2D eigenvalue weighted by Crippen LogP contribution is 2.30. The first kappa shape index (κ1) is 20.9. The van der Waals surface area contributed by atoms with Gasteiger partial charge < -0.3 is 24.4 Å². The van der Waals surface area contributed by atoms with Crippen LogP contribution in [0.3, 0.4) is 0 Å². The molecular formula is C21H30N4O5. The van der Waals surface area contributed by atoms with Gasteiger partial charge in [0, 0.05) is 39.3 Å². The van der Waals surface area contributed by atoms with Crippen molar-refractivity contribution in [2.75, 3.05) is 78.7 Å². The average molecular weight is 418 g/mol. The monoisotopic (exact) mass is 418 g/mol. The zero-order valence-corrected chi connectivity index (χ0v) is 17.3. The lowest BCUT2D eigenvalue weighted by Crippen LogP contribution is -2.53. The van der Waals surface area contributed by atoms with E-state index in [1.165, 1.54) is 0 Å². The van der Waals surface area contributed by atoms with Gasteiger partial charge in [-0.1, -0.05) is 12.1 Å². The Balaban J connectivity index is 1.12. The fraction of sp³-hybridized carbons (Fsp3) is 0.619. The Bertz CT molecular complexity index is 732. The largest absolute Gasteiger partial charge is 0.486 e. The van der Waals surface area contributed by atoms with E-state index in [2.05, 4.69) is 15.1 Å². The molecule has 0 aromatic heterocycles. The second-order valence-electron chi connectivity index (χ2n) is 7.85. The first-order valence-electron chi connectivity index (χ1n) is 10.6. The Labute approximate surface area is 176 Å². The Kier molecular flexibility index (Phi) is 7.03. The minimum Gasteiger partial charge on any atom is -0.486 e. The van der Waals surface area contributed by atoms with E-state index in [1.807, 2.05) is 29.2 Å². The molecule has 9 heteroatoms. The summed E-state index contributed by atoms with van der Waals surface area (Å²) in [5, 5.41) is 2.95. The van der Waals surface area contributed by atoms with E-state index >= 15 is 0 Å². The number of nitrogens with one attached hydrogen (secondary N) is 1. The molecule has 0 aliphatic carbocycles. The summed E-state index contributed by atoms with van der Waals surface area (Å²) in [4.78, 5) is 30.9. The summed E-state index contributed by atoms with van der Waals surface area (Å²) in [6.45, 7) is 7.39. The van der Waals surface area contributed by atoms with Crippen LogP contribution in [0.4, 0.5) is 0 Å². The average Bonchev–Trinajstić information content (AvgIpc) is 2.79. The minimum absolute atomic E-state index is 0.0182. The number of benzene rings is 1. The third kappa shape index (κ3) is 5.62. The fourth-order valence-electron chi connectivity index (χ4n) is 3.86. The van der Waals surface area contributed by atoms with E-state index in [9.17, 15) is 9.59 Å². The number of nitrogens with zero attached hydrogens (tertiary/aromatic N) is 3. The number of carbonyl (C=O) groups excluding carboxylic acids is 2. The number of hydrogen-bond acceptors (Lipinski definition) is 7. The maximum absolute atomic E-state index is 12.4. The summed E-state index contributed by atoms with van der Waals surface area (Å²) in [6, 6.07) is 7.55. The number of morpholine rings is 1. The van der Waals surface area contributed by atoms with Gasteiger partial charge in [-0.05, 0) is 12.1 Å². The minimum atomic E-state index is -0.188. The van der Waals surface area contributed by atoms with Crippen molar-refractivity contribution >= 4 is 11.8 Å². The number of ether oxygens (including phenoxy) is 3. The van der Waals surface area contributed by atoms with Crippen LogP contribution in [0, 0.1) is 0 Å². The maximum Gasteiger partial charge on any atom is 0.236 e. The lowest BCUT2D eigenvalue weighted by atomic mass is 10.2. The van der Waals surface area contributed by atoms with Crippen LogP contribution in [-0.4, -0.2) is 111 Å². The first-order chi connectivity index (χ1) is 14.7. The molecule has 1 atom stereocenters. The van der Waals surface area contributed by atoms with Gasteiger partial charge in [-0.2, -0.15) is 0 Å². The number of amides is 2. The summed E-state index contributed by atoms with van der Waals surface area (Å²) in [5.41, 5.74) is 0. The first-order valence-corrected chi connectivity index (χ1v) is 10.6. The van der Waals surface area contributed by atoms with Gasteiger partial charge in [0.15, 0.2) is 11.5 Å². The predicted octanol–water partition coefficient (Wildman–Crippen LogP) is -0.581. The number of carbonyl (C=O) groups is 2. The van der Waals surface area contributed by atoms with Crippen LogP contribution in [0.1, 0.15) is 0 Å². The van der Waals surface area contributed by atoms with Gasteiger partial charge in [-0.25, -0.2) is 0 Å². The third-order valence-corrected chi connectivity index (χ3v) is 5.65. The highest BCUT2D eigenvalue weighted by atomic mass is 16.6. The Hall–Kier alpha value is -2.36. The van der Waals surface area contributed by atoms with Gasteiger partial charge in [-0.3, -0.25) is 19.4 Å². The van der Waals surface area contributed by atoms with Crippen LogP contribution < -0.4 is 14.8 Å². The predicted molar refractivity (Wildman–Crippen MR) is 110 cm³/mol. The van der Waals surface area contributed by atoms with E-state index in [0.717, 1.165) is 31.9 Å². The number of piperazine rings is 1. The molecule has 0 bridgehead atoms. The molecule has 164 valence electrons. The van der Waals surface area contributed by atoms with Crippen molar-refractivity contribution in [2.45, 2.75) is 6.10 Å². The highest BCUT2D eigenvalue weighted by molar-refractivity contribution is 5.78. The Morgan fingerprint density at radius 2 is 1.60 bits per heavy atom. The standard InChI is InChI=1S/C21H30N4O5/c26-20(22-13-17-16-29-18-3-1-2-4-19(18)30-17)14-23-5-7-24(8-6-23)15-21(27)25-9-11-28-12-10-25/h1-4,17H,5-16H2,(H,22,26)/t17-/m0/s1. The van der Waals surface area contributed by atoms with Crippen LogP contribution >= 0.6 is 0 Å². The van der Waals surface area contributed by atoms with Gasteiger partial charge in [-0.15, -0.1) is 0 Å². The number of rotatable bonds is 6. The zero-order valence-electron chi connectivity index (χ0n) is 17.3. The van der Waals surface area contributed by atoms with Crippen molar-refractivity contribution in [1.82, 2.24) is 20.0 Å². The van der Waals surface area contributed by atoms with Gasteiger partial charge in [0.1, 0.15) is 12.7 Å². The van der Waals surface area contributed by atoms with Gasteiger partial charge in [0.2, 0.25) is 11.8 Å². The lowest BCUT2D eigenvalue weighted by Gasteiger charge is -2.35. The van der Waals surface area contributed by atoms with Gasteiger partial charge in [0.25, 0.3) is 0 Å². The van der Waals surface area contributed by atoms with E-state index in [1.54, 1.807) is 0 Å². The SMILES string of the molecule is O=C(CN1CCN(CC(=O)N2CCOCC2)CC1)NC[C@H]1COc2ccccc2O1. The van der Waals surface area contributed by atoms with Crippen LogP contribution in [0.2, 0.25) is 0 Å². The second-order valence-corrected chi connectivity index (χ2v) is 7.85. The topological polar surface area (TPSA) is 83.6 Å². The molecule has 2 saturated heterocycles. The molecule has 30 heavy (non-hydrogen) atoms. The van der Waals surface area contributed by atoms with E-state index in [-0.39, 0.29) is 17.9 Å². The molecule has 2 fully saturated rings. The Morgan fingerprint density at radius 1 is 0.933 bits per heavy atom. The van der Waals surface area contributed by atoms with Crippen molar-refractivity contribution in [2.24, 2.45) is 0 Å². The summed E-state index contributed by atoms with van der Waals surface area (Å²) in [6.07, 6.45) is -0.188. The Morgan fingerprint density at radius 3 is 2.33 bits per heavy atom. The molecule has 0 unspecified atom stereocenters. The fourth-order valence-corrected chi connectivity index (χ4v) is 3.86. The van der Waals surface area contributed by atoms with E-state index in [0.29, 0.717) is 58.3 Å². The van der Waals surface area contributed by atoms with E-state index in [4.69, 9.17) is 14.2 Å². The zero-order chi connectivity index (χ0) is 20.8. The second kappa shape index (κ2) is 10.1. The lowest BCUT2D eigenvalue weighted by molar-refractivity contribution is -0.137. The molecular weight excluding hydrogens is 388 g/mol. The molecule has 0 spiro atoms. The van der Waals surface area contributed by atoms with Crippen molar-refractivity contribution in [1.29, 1.82) is 0 Å². The molecule has 3 aliphatic rings. The van der Waals surface area contributed by atoms with Crippen LogP contribution in [-0.2, 0) is 14.3 Å². The summed E-state index contributed by atoms with van der Waals surface area (Å²) < 4.78 is 16.8. The molecule has 9 nitrogen and oxygen atoms in total. The molecule has 1 N–H and O–H groups in total. The van der Waals surface area contributed by atoms with E-state index < -0.39 is 0 Å². The number of para-hydroxylation sites is 2. The normalized spacial score (nSPS) is 22.5. The summed E-state index contributed by atoms with van der Waals surface area (Å²) >= 11 is 0. The van der Waals surface area contributed by atoms with Gasteiger partial charge >= 0.3 is 0 Å². The van der Waals surface area contributed by atoms with Crippen LogP contribution in [0.25, 0.3) is 0 Å². The summed E-state index contributed by atoms with van der Waals surface area (Å²) in [7, 11) is 0. The van der Waals surface area contributed by atoms with Crippen LogP contribution in [0.5, 0.6) is 11.5 Å². The third-order valence-electron chi connectivity index (χ3n) is 5.65. The molecule has 1 aromatic rings. The molecule has 3 aliphatic heterocycles. The van der Waals surface area contributed by atoms with Crippen molar-refractivity contribution in [3.63, 3.8) is 0 Å². The molecule has 1 aromatic carbocycles. The maximum atomic E-state index is 12.4. The summed E-state index contributed by atoms with van der Waals surface area (Å²) in [5.74, 6) is 1.60. The molecule has 4 rings (SSSR count). The van der Waals surface area contributed by atoms with Crippen molar-refractivity contribution in [3.8, 4) is 11.5 Å². The van der Waals surface area contributed by atoms with Gasteiger partial charge in [0.05, 0.1) is 32.8 Å². The van der Waals surface area contributed by atoms with Crippen molar-refractivity contribution < 1.29 is 23.8 Å². The smallest absolute Gasteiger partial charge is 0.236 e. The highest BCUT2D eigenvalue weighted by Gasteiger charge is 2.25. The quantitative estimate of drug-likeness (QED) is 0.662. The molecule has 2 amide bonds. The molecule has 0 saturated carbocycles. The number of hydrogen-bond donors (Lipinski definition) is 1. The molecule has 0 radical (unpaired) electrons. The number of fused-ring (bicyclic) bond motifs is 1. The van der Waals surface area contributed by atoms with Crippen molar-refractivity contribution in [3.05, 3.63) is 24.3 Å². The molecule has 3 heterocycles.